The highest BCUT2D eigenvalue weighted by Crippen LogP contribution is 2.24. The van der Waals surface area contributed by atoms with Crippen LogP contribution in [-0.2, 0) is 9.53 Å². The van der Waals surface area contributed by atoms with Crippen molar-refractivity contribution in [3.63, 3.8) is 0 Å². The summed E-state index contributed by atoms with van der Waals surface area (Å²) in [4.78, 5) is 14.3. The van der Waals surface area contributed by atoms with Crippen molar-refractivity contribution in [3.05, 3.63) is 18.0 Å². The van der Waals surface area contributed by atoms with E-state index in [9.17, 15) is 4.79 Å². The van der Waals surface area contributed by atoms with E-state index in [1.165, 1.54) is 12.1 Å². The van der Waals surface area contributed by atoms with E-state index in [0.717, 1.165) is 45.7 Å². The molecule has 21 heavy (non-hydrogen) atoms. The van der Waals surface area contributed by atoms with Crippen molar-refractivity contribution in [2.45, 2.75) is 25.2 Å². The lowest BCUT2D eigenvalue weighted by atomic mass is 9.95. The minimum absolute atomic E-state index is 0.132. The van der Waals surface area contributed by atoms with Gasteiger partial charge in [0.1, 0.15) is 0 Å². The predicted octanol–water partition coefficient (Wildman–Crippen LogP) is 0.742. The van der Waals surface area contributed by atoms with Gasteiger partial charge in [0.2, 0.25) is 5.91 Å². The molecular weight excluding hydrogens is 268 g/mol. The van der Waals surface area contributed by atoms with E-state index in [1.807, 2.05) is 6.07 Å². The normalized spacial score (nSPS) is 26.9. The van der Waals surface area contributed by atoms with Gasteiger partial charge in [-0.05, 0) is 31.9 Å². The molecule has 2 aliphatic heterocycles. The summed E-state index contributed by atoms with van der Waals surface area (Å²) in [7, 11) is 0. The maximum atomic E-state index is 12.0. The number of aromatic nitrogens is 2. The van der Waals surface area contributed by atoms with Gasteiger partial charge in [-0.25, -0.2) is 0 Å². The standard InChI is InChI=1S/C15H24N4O2/c20-15(16-8-12-4-7-21-11-12)10-19-6-1-2-13(9-19)14-3-5-17-18-14/h3,5,12-13H,1-2,4,6-11H2,(H,16,20)(H,17,18)/t12-,13+/m1/s1. The number of nitrogens with one attached hydrogen (secondary N) is 2. The zero-order valence-electron chi connectivity index (χ0n) is 12.4. The average molecular weight is 292 g/mol. The minimum atomic E-state index is 0.132. The van der Waals surface area contributed by atoms with Crippen LogP contribution in [-0.4, -0.2) is 60.4 Å². The van der Waals surface area contributed by atoms with E-state index in [1.54, 1.807) is 6.20 Å². The Labute approximate surface area is 125 Å². The number of carbonyl (C=O) groups excluding carboxylic acids is 1. The number of hydrogen-bond donors (Lipinski definition) is 2. The Bertz CT molecular complexity index is 443. The van der Waals surface area contributed by atoms with Gasteiger partial charge in [0.15, 0.2) is 0 Å². The molecule has 0 aromatic carbocycles. The molecule has 116 valence electrons. The molecule has 0 saturated carbocycles. The minimum Gasteiger partial charge on any atom is -0.381 e. The van der Waals surface area contributed by atoms with Crippen LogP contribution in [0.1, 0.15) is 30.9 Å². The van der Waals surface area contributed by atoms with Gasteiger partial charge >= 0.3 is 0 Å². The maximum absolute atomic E-state index is 12.0. The number of carbonyl (C=O) groups is 1. The Balaban J connectivity index is 1.42. The number of nitrogens with zero attached hydrogens (tertiary/aromatic N) is 2. The number of H-pyrrole nitrogens is 1. The summed E-state index contributed by atoms with van der Waals surface area (Å²) in [6.07, 6.45) is 5.16. The fourth-order valence-corrected chi connectivity index (χ4v) is 3.21. The zero-order valence-corrected chi connectivity index (χ0v) is 12.4. The van der Waals surface area contributed by atoms with Crippen molar-refractivity contribution < 1.29 is 9.53 Å². The van der Waals surface area contributed by atoms with E-state index < -0.39 is 0 Å². The van der Waals surface area contributed by atoms with Crippen molar-refractivity contribution in [2.75, 3.05) is 39.4 Å². The van der Waals surface area contributed by atoms with E-state index in [0.29, 0.717) is 18.4 Å². The third kappa shape index (κ3) is 4.04. The molecule has 6 heteroatoms. The molecule has 0 aliphatic carbocycles. The number of ether oxygens (including phenoxy) is 1. The number of piperidine rings is 1. The van der Waals surface area contributed by atoms with Gasteiger partial charge in [-0.15, -0.1) is 0 Å². The molecule has 1 aromatic heterocycles. The van der Waals surface area contributed by atoms with Crippen molar-refractivity contribution in [1.29, 1.82) is 0 Å². The van der Waals surface area contributed by atoms with E-state index in [2.05, 4.69) is 20.4 Å². The SMILES string of the molecule is O=C(CN1CCC[C@H](c2ccn[nH]2)C1)NC[C@H]1CCOC1. The Hall–Kier alpha value is -1.40. The largest absolute Gasteiger partial charge is 0.381 e. The van der Waals surface area contributed by atoms with Crippen LogP contribution in [0.15, 0.2) is 12.3 Å². The van der Waals surface area contributed by atoms with Crippen LogP contribution in [0.4, 0.5) is 0 Å². The number of likely N-dealkylation sites (tertiary alicyclic amines) is 1. The Morgan fingerprint density at radius 3 is 3.24 bits per heavy atom. The Morgan fingerprint density at radius 2 is 2.48 bits per heavy atom. The smallest absolute Gasteiger partial charge is 0.234 e. The highest BCUT2D eigenvalue weighted by atomic mass is 16.5. The summed E-state index contributed by atoms with van der Waals surface area (Å²) in [5.74, 6) is 1.09. The lowest BCUT2D eigenvalue weighted by molar-refractivity contribution is -0.122. The molecular formula is C15H24N4O2. The Kier molecular flexibility index (Phi) is 4.87. The van der Waals surface area contributed by atoms with Crippen molar-refractivity contribution in [3.8, 4) is 0 Å². The van der Waals surface area contributed by atoms with Crippen LogP contribution in [0.3, 0.4) is 0 Å². The second kappa shape index (κ2) is 7.04. The quantitative estimate of drug-likeness (QED) is 0.840. The fraction of sp³-hybridized carbons (Fsp3) is 0.733. The Morgan fingerprint density at radius 1 is 1.52 bits per heavy atom. The fourth-order valence-electron chi connectivity index (χ4n) is 3.21. The lowest BCUT2D eigenvalue weighted by Gasteiger charge is -2.31. The lowest BCUT2D eigenvalue weighted by Crippen LogP contribution is -2.43. The van der Waals surface area contributed by atoms with Crippen LogP contribution in [0.25, 0.3) is 0 Å². The van der Waals surface area contributed by atoms with Gasteiger partial charge in [-0.2, -0.15) is 5.10 Å². The third-order valence-electron chi connectivity index (χ3n) is 4.45. The van der Waals surface area contributed by atoms with E-state index in [4.69, 9.17) is 4.74 Å². The number of rotatable bonds is 5. The van der Waals surface area contributed by atoms with Gasteiger partial charge in [-0.3, -0.25) is 14.8 Å². The van der Waals surface area contributed by atoms with Crippen LogP contribution in [0, 0.1) is 5.92 Å². The molecule has 0 bridgehead atoms. The first-order valence-electron chi connectivity index (χ1n) is 7.87. The summed E-state index contributed by atoms with van der Waals surface area (Å²) in [6, 6.07) is 2.04. The first-order chi connectivity index (χ1) is 10.3. The highest BCUT2D eigenvalue weighted by molar-refractivity contribution is 5.78. The molecule has 2 atom stereocenters. The molecule has 6 nitrogen and oxygen atoms in total. The summed E-state index contributed by atoms with van der Waals surface area (Å²) in [6.45, 7) is 4.80. The molecule has 0 radical (unpaired) electrons. The molecule has 2 fully saturated rings. The second-order valence-electron chi connectivity index (χ2n) is 6.12. The third-order valence-corrected chi connectivity index (χ3v) is 4.45. The van der Waals surface area contributed by atoms with Gasteiger partial charge < -0.3 is 10.1 Å². The molecule has 0 unspecified atom stereocenters. The molecule has 2 saturated heterocycles. The van der Waals surface area contributed by atoms with E-state index >= 15 is 0 Å². The van der Waals surface area contributed by atoms with Gasteiger partial charge in [-0.1, -0.05) is 0 Å². The van der Waals surface area contributed by atoms with Crippen LogP contribution >= 0.6 is 0 Å². The summed E-state index contributed by atoms with van der Waals surface area (Å²) in [5, 5.41) is 10.1. The summed E-state index contributed by atoms with van der Waals surface area (Å²) in [5.41, 5.74) is 1.18. The average Bonchev–Trinajstić information content (AvgIpc) is 3.19. The topological polar surface area (TPSA) is 70.2 Å². The number of amides is 1. The molecule has 3 heterocycles. The molecule has 1 aromatic rings. The molecule has 2 N–H and O–H groups in total. The maximum Gasteiger partial charge on any atom is 0.234 e. The van der Waals surface area contributed by atoms with Crippen molar-refractivity contribution in [1.82, 2.24) is 20.4 Å². The number of hydrogen-bond acceptors (Lipinski definition) is 4. The molecule has 2 aliphatic rings. The molecule has 0 spiro atoms. The van der Waals surface area contributed by atoms with Crippen LogP contribution in [0.5, 0.6) is 0 Å². The van der Waals surface area contributed by atoms with Crippen molar-refractivity contribution in [2.24, 2.45) is 5.92 Å². The summed E-state index contributed by atoms with van der Waals surface area (Å²) < 4.78 is 5.32. The predicted molar refractivity (Wildman–Crippen MR) is 78.9 cm³/mol. The van der Waals surface area contributed by atoms with Crippen molar-refractivity contribution >= 4 is 5.91 Å². The first kappa shape index (κ1) is 14.5. The first-order valence-corrected chi connectivity index (χ1v) is 7.87. The molecule has 1 amide bonds. The van der Waals surface area contributed by atoms with E-state index in [-0.39, 0.29) is 5.91 Å². The van der Waals surface area contributed by atoms with Gasteiger partial charge in [0.25, 0.3) is 0 Å². The van der Waals surface area contributed by atoms with Crippen LogP contribution < -0.4 is 5.32 Å². The summed E-state index contributed by atoms with van der Waals surface area (Å²) >= 11 is 0. The molecule has 3 rings (SSSR count). The highest BCUT2D eigenvalue weighted by Gasteiger charge is 2.24. The van der Waals surface area contributed by atoms with Crippen LogP contribution in [0.2, 0.25) is 0 Å². The van der Waals surface area contributed by atoms with Gasteiger partial charge in [0, 0.05) is 43.4 Å². The second-order valence-corrected chi connectivity index (χ2v) is 6.12. The monoisotopic (exact) mass is 292 g/mol. The zero-order chi connectivity index (χ0) is 14.5. The number of aromatic amines is 1. The van der Waals surface area contributed by atoms with Gasteiger partial charge in [0.05, 0.1) is 13.2 Å².